The number of phenols is 1. The monoisotopic (exact) mass is 269 g/mol. The molecule has 1 amide bonds. The number of carbonyl (C=O) groups is 1. The van der Waals surface area contributed by atoms with Crippen molar-refractivity contribution >= 4 is 5.91 Å². The number of rotatable bonds is 2. The minimum Gasteiger partial charge on any atom is -0.508 e. The maximum absolute atomic E-state index is 12.3. The van der Waals surface area contributed by atoms with Gasteiger partial charge >= 0.3 is 0 Å². The van der Waals surface area contributed by atoms with Gasteiger partial charge in [-0.1, -0.05) is 12.1 Å². The fourth-order valence-electron chi connectivity index (χ4n) is 2.36. The standard InChI is InChI=1S/C15H15N3O2/c19-12-5-3-4-11(8-12)13-9-16-10-14(17-13)15(20)18-6-1-2-7-18/h3-5,8-10,19H,1-2,6-7H2. The molecule has 1 N–H and O–H groups in total. The Balaban J connectivity index is 1.91. The van der Waals surface area contributed by atoms with Crippen LogP contribution in [0.15, 0.2) is 36.7 Å². The van der Waals surface area contributed by atoms with Gasteiger partial charge in [0, 0.05) is 18.7 Å². The second-order valence-electron chi connectivity index (χ2n) is 4.84. The second kappa shape index (κ2) is 5.28. The van der Waals surface area contributed by atoms with Crippen molar-refractivity contribution in [1.29, 1.82) is 0 Å². The first kappa shape index (κ1) is 12.6. The molecule has 1 aliphatic heterocycles. The minimum absolute atomic E-state index is 0.0722. The van der Waals surface area contributed by atoms with Crippen LogP contribution in [0.25, 0.3) is 11.3 Å². The van der Waals surface area contributed by atoms with Crippen LogP contribution in [-0.2, 0) is 0 Å². The molecular formula is C15H15N3O2. The van der Waals surface area contributed by atoms with Gasteiger partial charge in [0.05, 0.1) is 18.1 Å². The summed E-state index contributed by atoms with van der Waals surface area (Å²) in [7, 11) is 0. The van der Waals surface area contributed by atoms with Crippen LogP contribution < -0.4 is 0 Å². The van der Waals surface area contributed by atoms with Crippen molar-refractivity contribution < 1.29 is 9.90 Å². The van der Waals surface area contributed by atoms with E-state index in [2.05, 4.69) is 9.97 Å². The quantitative estimate of drug-likeness (QED) is 0.906. The number of hydrogen-bond acceptors (Lipinski definition) is 4. The largest absolute Gasteiger partial charge is 0.508 e. The van der Waals surface area contributed by atoms with Crippen molar-refractivity contribution in [1.82, 2.24) is 14.9 Å². The van der Waals surface area contributed by atoms with Crippen LogP contribution in [0.3, 0.4) is 0 Å². The van der Waals surface area contributed by atoms with Gasteiger partial charge < -0.3 is 10.0 Å². The van der Waals surface area contributed by atoms with Crippen molar-refractivity contribution in [2.24, 2.45) is 0 Å². The summed E-state index contributed by atoms with van der Waals surface area (Å²) >= 11 is 0. The molecular weight excluding hydrogens is 254 g/mol. The smallest absolute Gasteiger partial charge is 0.274 e. The molecule has 2 aromatic rings. The van der Waals surface area contributed by atoms with Crippen molar-refractivity contribution in [2.45, 2.75) is 12.8 Å². The maximum atomic E-state index is 12.3. The predicted molar refractivity (Wildman–Crippen MR) is 74.3 cm³/mol. The number of aromatic hydroxyl groups is 1. The molecule has 0 radical (unpaired) electrons. The first-order valence-corrected chi connectivity index (χ1v) is 6.65. The highest BCUT2D eigenvalue weighted by atomic mass is 16.3. The summed E-state index contributed by atoms with van der Waals surface area (Å²) in [5.41, 5.74) is 1.69. The van der Waals surface area contributed by atoms with E-state index in [1.165, 1.54) is 6.20 Å². The lowest BCUT2D eigenvalue weighted by atomic mass is 10.1. The third-order valence-corrected chi connectivity index (χ3v) is 3.39. The molecule has 1 saturated heterocycles. The van der Waals surface area contributed by atoms with Gasteiger partial charge in [-0.3, -0.25) is 9.78 Å². The number of carbonyl (C=O) groups excluding carboxylic acids is 1. The average molecular weight is 269 g/mol. The van der Waals surface area contributed by atoms with Gasteiger partial charge in [0.2, 0.25) is 0 Å². The maximum Gasteiger partial charge on any atom is 0.274 e. The molecule has 5 nitrogen and oxygen atoms in total. The average Bonchev–Trinajstić information content (AvgIpc) is 3.01. The SMILES string of the molecule is O=C(c1cncc(-c2cccc(O)c2)n1)N1CCCC1. The molecule has 0 atom stereocenters. The van der Waals surface area contributed by atoms with E-state index in [1.807, 2.05) is 6.07 Å². The van der Waals surface area contributed by atoms with Crippen molar-refractivity contribution in [3.05, 3.63) is 42.4 Å². The predicted octanol–water partition coefficient (Wildman–Crippen LogP) is 2.09. The van der Waals surface area contributed by atoms with Gasteiger partial charge in [-0.15, -0.1) is 0 Å². The molecule has 1 aromatic carbocycles. The summed E-state index contributed by atoms with van der Waals surface area (Å²) in [5, 5.41) is 9.50. The summed E-state index contributed by atoms with van der Waals surface area (Å²) in [6, 6.07) is 6.76. The van der Waals surface area contributed by atoms with E-state index in [4.69, 9.17) is 0 Å². The summed E-state index contributed by atoms with van der Waals surface area (Å²) < 4.78 is 0. The molecule has 0 saturated carbocycles. The molecule has 3 rings (SSSR count). The Morgan fingerprint density at radius 1 is 1.20 bits per heavy atom. The molecule has 2 heterocycles. The van der Waals surface area contributed by atoms with E-state index in [9.17, 15) is 9.90 Å². The van der Waals surface area contributed by atoms with Gasteiger partial charge in [0.25, 0.3) is 5.91 Å². The summed E-state index contributed by atoms with van der Waals surface area (Å²) in [4.78, 5) is 22.5. The van der Waals surface area contributed by atoms with Gasteiger partial charge in [-0.05, 0) is 25.0 Å². The molecule has 1 aliphatic rings. The van der Waals surface area contributed by atoms with Gasteiger partial charge in [-0.2, -0.15) is 0 Å². The molecule has 20 heavy (non-hydrogen) atoms. The number of nitrogens with zero attached hydrogens (tertiary/aromatic N) is 3. The van der Waals surface area contributed by atoms with Crippen molar-refractivity contribution in [3.63, 3.8) is 0 Å². The fourth-order valence-corrected chi connectivity index (χ4v) is 2.36. The van der Waals surface area contributed by atoms with Crippen LogP contribution in [0, 0.1) is 0 Å². The number of benzene rings is 1. The van der Waals surface area contributed by atoms with E-state index < -0.39 is 0 Å². The lowest BCUT2D eigenvalue weighted by Crippen LogP contribution is -2.28. The molecule has 0 aliphatic carbocycles. The lowest BCUT2D eigenvalue weighted by Gasteiger charge is -2.14. The summed E-state index contributed by atoms with van der Waals surface area (Å²) in [6.07, 6.45) is 5.18. The normalized spacial score (nSPS) is 14.5. The number of aromatic nitrogens is 2. The van der Waals surface area contributed by atoms with Crippen LogP contribution in [0.5, 0.6) is 5.75 Å². The molecule has 0 spiro atoms. The molecule has 5 heteroatoms. The van der Waals surface area contributed by atoms with E-state index in [0.29, 0.717) is 11.4 Å². The molecule has 102 valence electrons. The minimum atomic E-state index is -0.0722. The topological polar surface area (TPSA) is 66.3 Å². The van der Waals surface area contributed by atoms with E-state index in [-0.39, 0.29) is 11.7 Å². The Morgan fingerprint density at radius 3 is 2.75 bits per heavy atom. The Labute approximate surface area is 116 Å². The van der Waals surface area contributed by atoms with Gasteiger partial charge in [-0.25, -0.2) is 4.98 Å². The Morgan fingerprint density at radius 2 is 2.00 bits per heavy atom. The fraction of sp³-hybridized carbons (Fsp3) is 0.267. The highest BCUT2D eigenvalue weighted by Crippen LogP contribution is 2.21. The van der Waals surface area contributed by atoms with Crippen LogP contribution in [-0.4, -0.2) is 39.0 Å². The lowest BCUT2D eigenvalue weighted by molar-refractivity contribution is 0.0786. The zero-order valence-corrected chi connectivity index (χ0v) is 11.0. The number of amides is 1. The Hall–Kier alpha value is -2.43. The van der Waals surface area contributed by atoms with Gasteiger partial charge in [0.15, 0.2) is 0 Å². The molecule has 1 aromatic heterocycles. The van der Waals surface area contributed by atoms with Crippen LogP contribution in [0.2, 0.25) is 0 Å². The second-order valence-corrected chi connectivity index (χ2v) is 4.84. The zero-order valence-electron chi connectivity index (χ0n) is 11.0. The highest BCUT2D eigenvalue weighted by Gasteiger charge is 2.21. The third kappa shape index (κ3) is 2.47. The van der Waals surface area contributed by atoms with Crippen molar-refractivity contribution in [3.8, 4) is 17.0 Å². The van der Waals surface area contributed by atoms with Gasteiger partial charge in [0.1, 0.15) is 11.4 Å². The Bertz CT molecular complexity index is 637. The summed E-state index contributed by atoms with van der Waals surface area (Å²) in [5.74, 6) is 0.0950. The van der Waals surface area contributed by atoms with E-state index in [0.717, 1.165) is 31.5 Å². The first-order valence-electron chi connectivity index (χ1n) is 6.65. The number of hydrogen-bond donors (Lipinski definition) is 1. The van der Waals surface area contributed by atoms with E-state index >= 15 is 0 Å². The van der Waals surface area contributed by atoms with Crippen LogP contribution >= 0.6 is 0 Å². The highest BCUT2D eigenvalue weighted by molar-refractivity contribution is 5.92. The first-order chi connectivity index (χ1) is 9.74. The molecule has 1 fully saturated rings. The Kier molecular flexibility index (Phi) is 3.33. The molecule has 0 bridgehead atoms. The summed E-state index contributed by atoms with van der Waals surface area (Å²) in [6.45, 7) is 1.58. The van der Waals surface area contributed by atoms with Crippen LogP contribution in [0.1, 0.15) is 23.3 Å². The third-order valence-electron chi connectivity index (χ3n) is 3.39. The van der Waals surface area contributed by atoms with E-state index in [1.54, 1.807) is 29.3 Å². The molecule has 0 unspecified atom stereocenters. The van der Waals surface area contributed by atoms with Crippen LogP contribution in [0.4, 0.5) is 0 Å². The number of phenolic OH excluding ortho intramolecular Hbond substituents is 1. The zero-order chi connectivity index (χ0) is 13.9. The van der Waals surface area contributed by atoms with Crippen molar-refractivity contribution in [2.75, 3.05) is 13.1 Å². The number of likely N-dealkylation sites (tertiary alicyclic amines) is 1.